The molecule has 0 saturated carbocycles. The number of halogens is 1. The number of allylic oxidation sites excluding steroid dienone is 2. The fourth-order valence-corrected chi connectivity index (χ4v) is 7.11. The number of amides is 2. The summed E-state index contributed by atoms with van der Waals surface area (Å²) >= 11 is 0. The number of methoxy groups -OCH3 is 1. The van der Waals surface area contributed by atoms with E-state index >= 15 is 0 Å². The van der Waals surface area contributed by atoms with Gasteiger partial charge in [-0.1, -0.05) is 6.08 Å². The minimum atomic E-state index is -1.09. The maximum atomic E-state index is 15.0. The number of rotatable bonds is 10. The summed E-state index contributed by atoms with van der Waals surface area (Å²) in [7, 11) is 1.54. The van der Waals surface area contributed by atoms with E-state index in [0.29, 0.717) is 69.2 Å². The molecule has 2 aliphatic heterocycles. The zero-order chi connectivity index (χ0) is 35.5. The minimum absolute atomic E-state index is 0.0116. The number of anilines is 1. The number of aromatic nitrogens is 4. The van der Waals surface area contributed by atoms with Crippen molar-refractivity contribution in [2.24, 2.45) is 0 Å². The van der Waals surface area contributed by atoms with Gasteiger partial charge in [-0.25, -0.2) is 14.4 Å². The number of aromatic amines is 1. The number of benzene rings is 2. The maximum absolute atomic E-state index is 15.0. The predicted octanol–water partition coefficient (Wildman–Crippen LogP) is 4.69. The first-order valence-electron chi connectivity index (χ1n) is 17.4. The first-order chi connectivity index (χ1) is 24.7. The molecule has 4 aromatic rings. The van der Waals surface area contributed by atoms with Gasteiger partial charge < -0.3 is 19.7 Å². The van der Waals surface area contributed by atoms with E-state index in [-0.39, 0.29) is 36.3 Å². The predicted molar refractivity (Wildman–Crippen MR) is 192 cm³/mol. The Kier molecular flexibility index (Phi) is 9.94. The molecule has 2 saturated heterocycles. The Labute approximate surface area is 296 Å². The average molecular weight is 695 g/mol. The van der Waals surface area contributed by atoms with Crippen LogP contribution in [0, 0.1) is 0 Å². The molecule has 3 aliphatic rings. The second-order valence-corrected chi connectivity index (χ2v) is 13.6. The summed E-state index contributed by atoms with van der Waals surface area (Å²) in [6, 6.07) is 15.1. The molecule has 0 bridgehead atoms. The molecule has 7 rings (SSSR count). The van der Waals surface area contributed by atoms with Crippen LogP contribution in [-0.4, -0.2) is 117 Å². The Bertz CT molecular complexity index is 1940. The van der Waals surface area contributed by atoms with Crippen LogP contribution in [0.2, 0.25) is 0 Å². The van der Waals surface area contributed by atoms with E-state index < -0.39 is 5.60 Å². The number of likely N-dealkylation sites (tertiary alicyclic amines) is 1. The van der Waals surface area contributed by atoms with Crippen LogP contribution in [0.5, 0.6) is 5.75 Å². The molecule has 0 radical (unpaired) electrons. The Morgan fingerprint density at radius 1 is 1.06 bits per heavy atom. The van der Waals surface area contributed by atoms with Crippen molar-refractivity contribution in [1.29, 1.82) is 0 Å². The van der Waals surface area contributed by atoms with Crippen molar-refractivity contribution in [3.8, 4) is 17.0 Å². The zero-order valence-corrected chi connectivity index (χ0v) is 29.1. The summed E-state index contributed by atoms with van der Waals surface area (Å²) in [6.45, 7) is 7.45. The number of ether oxygens (including phenoxy) is 2. The van der Waals surface area contributed by atoms with Crippen molar-refractivity contribution >= 4 is 34.0 Å². The number of nitrogens with zero attached hydrogens (tertiary/aromatic N) is 6. The standard InChI is InChI=1S/C38H43FN8O4/c1-25(2)51-29-9-5-26(6-10-29)35-31-21-27(7-12-33(31)43-44-35)42-37(49)38(50-3)13-16-45(24-38)23-34(48)47-19-17-46(18-20-47)28-8-11-30(32(39)22-28)36-40-14-4-15-41-36/h4-7,9-12,14-15,21-22,25,28H,8,13,16-20,23-24H2,1-3H3,(H,42,49)(H,43,44)/t28?,38-/m0/s1. The molecule has 2 aromatic carbocycles. The lowest BCUT2D eigenvalue weighted by Gasteiger charge is -2.39. The van der Waals surface area contributed by atoms with Crippen LogP contribution < -0.4 is 10.1 Å². The number of hydrogen-bond donors (Lipinski definition) is 2. The highest BCUT2D eigenvalue weighted by Gasteiger charge is 2.45. The number of carbonyl (C=O) groups is 2. The molecule has 2 N–H and O–H groups in total. The molecule has 13 heteroatoms. The van der Waals surface area contributed by atoms with E-state index in [2.05, 4.69) is 30.4 Å². The van der Waals surface area contributed by atoms with Gasteiger partial charge in [-0.15, -0.1) is 0 Å². The summed E-state index contributed by atoms with van der Waals surface area (Å²) in [5, 5.41) is 11.5. The summed E-state index contributed by atoms with van der Waals surface area (Å²) in [4.78, 5) is 41.5. The largest absolute Gasteiger partial charge is 0.491 e. The first-order valence-corrected chi connectivity index (χ1v) is 17.4. The van der Waals surface area contributed by atoms with Gasteiger partial charge in [0.2, 0.25) is 5.91 Å². The SMILES string of the molecule is CO[C@@]1(C(=O)Nc2ccc3[nH]nc(-c4ccc(OC(C)C)cc4)c3c2)CCN(CC(=O)N2CCN(C3C=C(F)C(c4ncccn4)=CC3)CC2)C1. The number of nitrogens with one attached hydrogen (secondary N) is 2. The van der Waals surface area contributed by atoms with Crippen LogP contribution in [0.3, 0.4) is 0 Å². The molecule has 2 atom stereocenters. The third-order valence-corrected chi connectivity index (χ3v) is 9.90. The lowest BCUT2D eigenvalue weighted by atomic mass is 9.99. The molecule has 2 aromatic heterocycles. The van der Waals surface area contributed by atoms with Crippen molar-refractivity contribution in [1.82, 2.24) is 34.9 Å². The van der Waals surface area contributed by atoms with Crippen molar-refractivity contribution in [3.05, 3.63) is 84.7 Å². The molecule has 1 aliphatic carbocycles. The summed E-state index contributed by atoms with van der Waals surface area (Å²) in [6.07, 6.45) is 7.91. The van der Waals surface area contributed by atoms with Gasteiger partial charge in [-0.2, -0.15) is 5.10 Å². The fraction of sp³-hybridized carbons (Fsp3) is 0.395. The van der Waals surface area contributed by atoms with Crippen molar-refractivity contribution in [2.75, 3.05) is 58.2 Å². The normalized spacial score (nSPS) is 21.5. The number of piperazine rings is 1. The van der Waals surface area contributed by atoms with Gasteiger partial charge in [0.15, 0.2) is 11.4 Å². The smallest absolute Gasteiger partial charge is 0.258 e. The quantitative estimate of drug-likeness (QED) is 0.243. The number of H-pyrrole nitrogens is 1. The van der Waals surface area contributed by atoms with E-state index in [0.717, 1.165) is 27.9 Å². The minimum Gasteiger partial charge on any atom is -0.491 e. The summed E-state index contributed by atoms with van der Waals surface area (Å²) in [5.41, 5.74) is 2.52. The van der Waals surface area contributed by atoms with Crippen LogP contribution in [-0.2, 0) is 14.3 Å². The van der Waals surface area contributed by atoms with Gasteiger partial charge in [-0.05, 0) is 81.3 Å². The molecule has 266 valence electrons. The average Bonchev–Trinajstić information content (AvgIpc) is 3.77. The van der Waals surface area contributed by atoms with Crippen molar-refractivity contribution in [2.45, 2.75) is 44.4 Å². The lowest BCUT2D eigenvalue weighted by molar-refractivity contribution is -0.138. The van der Waals surface area contributed by atoms with Crippen LogP contribution >= 0.6 is 0 Å². The van der Waals surface area contributed by atoms with Crippen LogP contribution in [0.4, 0.5) is 10.1 Å². The third kappa shape index (κ3) is 7.41. The van der Waals surface area contributed by atoms with Crippen molar-refractivity contribution < 1.29 is 23.5 Å². The van der Waals surface area contributed by atoms with Gasteiger partial charge in [0.25, 0.3) is 5.91 Å². The number of fused-ring (bicyclic) bond motifs is 1. The highest BCUT2D eigenvalue weighted by molar-refractivity contribution is 6.01. The van der Waals surface area contributed by atoms with Crippen LogP contribution in [0.25, 0.3) is 27.7 Å². The molecule has 0 spiro atoms. The van der Waals surface area contributed by atoms with Gasteiger partial charge in [-0.3, -0.25) is 24.5 Å². The lowest BCUT2D eigenvalue weighted by Crippen LogP contribution is -2.54. The molecule has 51 heavy (non-hydrogen) atoms. The van der Waals surface area contributed by atoms with Gasteiger partial charge in [0.05, 0.1) is 29.4 Å². The third-order valence-electron chi connectivity index (χ3n) is 9.90. The van der Waals surface area contributed by atoms with Gasteiger partial charge in [0, 0.05) is 81.5 Å². The van der Waals surface area contributed by atoms with Gasteiger partial charge >= 0.3 is 0 Å². The molecular weight excluding hydrogens is 651 g/mol. The van der Waals surface area contributed by atoms with Gasteiger partial charge in [0.1, 0.15) is 11.6 Å². The summed E-state index contributed by atoms with van der Waals surface area (Å²) in [5.74, 6) is 0.617. The van der Waals surface area contributed by atoms with Crippen LogP contribution in [0.1, 0.15) is 32.5 Å². The first kappa shape index (κ1) is 34.5. The highest BCUT2D eigenvalue weighted by atomic mass is 19.1. The van der Waals surface area contributed by atoms with E-state index in [1.807, 2.05) is 72.2 Å². The number of carbonyl (C=O) groups excluding carboxylic acids is 2. The molecular formula is C38H43FN8O4. The zero-order valence-electron chi connectivity index (χ0n) is 29.1. The molecule has 2 fully saturated rings. The molecule has 2 amide bonds. The van der Waals surface area contributed by atoms with E-state index in [4.69, 9.17) is 9.47 Å². The van der Waals surface area contributed by atoms with E-state index in [1.165, 1.54) is 0 Å². The molecule has 4 heterocycles. The number of hydrogen-bond acceptors (Lipinski definition) is 9. The monoisotopic (exact) mass is 694 g/mol. The van der Waals surface area contributed by atoms with E-state index in [9.17, 15) is 14.0 Å². The van der Waals surface area contributed by atoms with Crippen molar-refractivity contribution in [3.63, 3.8) is 0 Å². The van der Waals surface area contributed by atoms with E-state index in [1.54, 1.807) is 31.6 Å². The Morgan fingerprint density at radius 3 is 2.53 bits per heavy atom. The Hall–Kier alpha value is -4.98. The second-order valence-electron chi connectivity index (χ2n) is 13.6. The van der Waals surface area contributed by atoms with Crippen LogP contribution in [0.15, 0.2) is 78.9 Å². The second kappa shape index (κ2) is 14.7. The highest BCUT2D eigenvalue weighted by Crippen LogP contribution is 2.32. The summed E-state index contributed by atoms with van der Waals surface area (Å²) < 4.78 is 26.6. The Morgan fingerprint density at radius 2 is 1.82 bits per heavy atom. The maximum Gasteiger partial charge on any atom is 0.258 e. The Balaban J connectivity index is 0.927. The molecule has 12 nitrogen and oxygen atoms in total. The topological polar surface area (TPSA) is 129 Å². The molecule has 1 unspecified atom stereocenters. The fourth-order valence-electron chi connectivity index (χ4n) is 7.11.